The Morgan fingerprint density at radius 1 is 1.65 bits per heavy atom. The highest BCUT2D eigenvalue weighted by Crippen LogP contribution is 2.17. The topological polar surface area (TPSA) is 54.0 Å². The van der Waals surface area contributed by atoms with E-state index < -0.39 is 0 Å². The molecule has 2 N–H and O–H groups in total. The van der Waals surface area contributed by atoms with Crippen molar-refractivity contribution < 1.29 is 4.79 Å². The van der Waals surface area contributed by atoms with E-state index in [0.717, 1.165) is 10.7 Å². The van der Waals surface area contributed by atoms with E-state index in [2.05, 4.69) is 21.5 Å². The number of nitrogens with zero attached hydrogens (tertiary/aromatic N) is 1. The second kappa shape index (κ2) is 6.38. The minimum Gasteiger partial charge on any atom is -0.344 e. The summed E-state index contributed by atoms with van der Waals surface area (Å²) in [6.07, 6.45) is 5.08. The Kier molecular flexibility index (Phi) is 5.13. The molecule has 1 rings (SSSR count). The third-order valence-corrected chi connectivity index (χ3v) is 3.41. The Morgan fingerprint density at radius 2 is 2.35 bits per heavy atom. The fourth-order valence-electron chi connectivity index (χ4n) is 1.38. The molecule has 1 heterocycles. The minimum absolute atomic E-state index is 0.0558. The zero-order valence-corrected chi connectivity index (χ0v) is 11.1. The Bertz CT molecular complexity index is 422. The van der Waals surface area contributed by atoms with Crippen molar-refractivity contribution in [1.82, 2.24) is 15.6 Å². The molecule has 0 aliphatic carbocycles. The molecule has 1 aromatic heterocycles. The lowest BCUT2D eigenvalue weighted by atomic mass is 10.2. The molecular weight excluding hydrogens is 234 g/mol. The van der Waals surface area contributed by atoms with Crippen molar-refractivity contribution in [3.8, 4) is 12.3 Å². The van der Waals surface area contributed by atoms with E-state index in [1.54, 1.807) is 11.3 Å². The molecule has 0 aromatic carbocycles. The molecule has 0 aliphatic rings. The molecule has 0 radical (unpaired) electrons. The van der Waals surface area contributed by atoms with Crippen molar-refractivity contribution >= 4 is 17.2 Å². The smallest absolute Gasteiger partial charge is 0.237 e. The summed E-state index contributed by atoms with van der Waals surface area (Å²) < 4.78 is 0. The molecular formula is C12H17N3OS. The first-order chi connectivity index (χ1) is 8.04. The van der Waals surface area contributed by atoms with Crippen LogP contribution in [0.2, 0.25) is 0 Å². The number of aryl methyl sites for hydroxylation is 1. The SMILES string of the molecule is C#CCNC(=O)C(C)NC(C)c1nc(C)cs1. The number of nitrogens with one attached hydrogen (secondary N) is 2. The lowest BCUT2D eigenvalue weighted by Gasteiger charge is -2.17. The monoisotopic (exact) mass is 251 g/mol. The second-order valence-corrected chi connectivity index (χ2v) is 4.75. The van der Waals surface area contributed by atoms with Gasteiger partial charge in [-0.1, -0.05) is 5.92 Å². The van der Waals surface area contributed by atoms with Crippen LogP contribution in [0.3, 0.4) is 0 Å². The quantitative estimate of drug-likeness (QED) is 0.774. The first-order valence-corrected chi connectivity index (χ1v) is 6.31. The van der Waals surface area contributed by atoms with Crippen molar-refractivity contribution in [2.24, 2.45) is 0 Å². The highest BCUT2D eigenvalue weighted by atomic mass is 32.1. The Morgan fingerprint density at radius 3 is 2.88 bits per heavy atom. The number of hydrogen-bond acceptors (Lipinski definition) is 4. The number of thiazole rings is 1. The van der Waals surface area contributed by atoms with Gasteiger partial charge in [-0.3, -0.25) is 10.1 Å². The van der Waals surface area contributed by atoms with Gasteiger partial charge in [0.05, 0.1) is 18.6 Å². The number of hydrogen-bond donors (Lipinski definition) is 2. The lowest BCUT2D eigenvalue weighted by molar-refractivity contribution is -0.122. The van der Waals surface area contributed by atoms with Crippen LogP contribution in [0.1, 0.15) is 30.6 Å². The van der Waals surface area contributed by atoms with E-state index in [-0.39, 0.29) is 24.5 Å². The minimum atomic E-state index is -0.289. The molecule has 1 aromatic rings. The molecule has 0 fully saturated rings. The van der Waals surface area contributed by atoms with Gasteiger partial charge in [-0.2, -0.15) is 0 Å². The summed E-state index contributed by atoms with van der Waals surface area (Å²) in [5.74, 6) is 2.28. The number of aromatic nitrogens is 1. The van der Waals surface area contributed by atoms with Gasteiger partial charge in [-0.15, -0.1) is 17.8 Å². The highest BCUT2D eigenvalue weighted by Gasteiger charge is 2.17. The molecule has 0 saturated carbocycles. The van der Waals surface area contributed by atoms with Crippen LogP contribution < -0.4 is 10.6 Å². The van der Waals surface area contributed by atoms with E-state index >= 15 is 0 Å². The molecule has 2 atom stereocenters. The van der Waals surface area contributed by atoms with Crippen LogP contribution >= 0.6 is 11.3 Å². The van der Waals surface area contributed by atoms with Crippen molar-refractivity contribution in [3.05, 3.63) is 16.1 Å². The normalized spacial score (nSPS) is 13.8. The molecule has 0 spiro atoms. The van der Waals surface area contributed by atoms with Gasteiger partial charge in [0.2, 0.25) is 5.91 Å². The lowest BCUT2D eigenvalue weighted by Crippen LogP contribution is -2.43. The summed E-state index contributed by atoms with van der Waals surface area (Å²) in [4.78, 5) is 16.0. The average molecular weight is 251 g/mol. The van der Waals surface area contributed by atoms with Gasteiger partial charge >= 0.3 is 0 Å². The number of terminal acetylenes is 1. The standard InChI is InChI=1S/C12H17N3OS/c1-5-6-13-11(16)9(3)15-10(4)12-14-8(2)7-17-12/h1,7,9-10,15H,6H2,2-4H3,(H,13,16). The maximum Gasteiger partial charge on any atom is 0.237 e. The molecule has 0 bridgehead atoms. The molecule has 0 saturated heterocycles. The van der Waals surface area contributed by atoms with Crippen molar-refractivity contribution in [2.45, 2.75) is 32.9 Å². The van der Waals surface area contributed by atoms with Gasteiger partial charge in [-0.25, -0.2) is 4.98 Å². The van der Waals surface area contributed by atoms with Crippen LogP contribution in [0.5, 0.6) is 0 Å². The van der Waals surface area contributed by atoms with Crippen LogP contribution in [0.15, 0.2) is 5.38 Å². The number of amides is 1. The molecule has 1 amide bonds. The van der Waals surface area contributed by atoms with E-state index in [9.17, 15) is 4.79 Å². The first-order valence-electron chi connectivity index (χ1n) is 5.44. The maximum atomic E-state index is 11.6. The van der Waals surface area contributed by atoms with E-state index in [0.29, 0.717) is 0 Å². The van der Waals surface area contributed by atoms with E-state index in [1.807, 2.05) is 26.2 Å². The van der Waals surface area contributed by atoms with Gasteiger partial charge in [0.25, 0.3) is 0 Å². The third-order valence-electron chi connectivity index (χ3n) is 2.27. The van der Waals surface area contributed by atoms with Gasteiger partial charge < -0.3 is 5.32 Å². The van der Waals surface area contributed by atoms with Gasteiger partial charge in [-0.05, 0) is 20.8 Å². The molecule has 4 nitrogen and oxygen atoms in total. The summed E-state index contributed by atoms with van der Waals surface area (Å²) in [6.45, 7) is 6.01. The van der Waals surface area contributed by atoms with E-state index in [4.69, 9.17) is 6.42 Å². The molecule has 17 heavy (non-hydrogen) atoms. The Labute approximate surface area is 106 Å². The van der Waals surface area contributed by atoms with Crippen LogP contribution in [0, 0.1) is 19.3 Å². The average Bonchev–Trinajstić information content (AvgIpc) is 2.72. The summed E-state index contributed by atoms with van der Waals surface area (Å²) >= 11 is 1.59. The first kappa shape index (κ1) is 13.7. The molecule has 2 unspecified atom stereocenters. The fraction of sp³-hybridized carbons (Fsp3) is 0.500. The molecule has 5 heteroatoms. The predicted octanol–water partition coefficient (Wildman–Crippen LogP) is 1.24. The zero-order chi connectivity index (χ0) is 12.8. The van der Waals surface area contributed by atoms with Gasteiger partial charge in [0.1, 0.15) is 5.01 Å². The highest BCUT2D eigenvalue weighted by molar-refractivity contribution is 7.09. The Balaban J connectivity index is 2.48. The summed E-state index contributed by atoms with van der Waals surface area (Å²) in [6, 6.07) is -0.233. The number of carbonyl (C=O) groups is 1. The van der Waals surface area contributed by atoms with Crippen molar-refractivity contribution in [2.75, 3.05) is 6.54 Å². The number of carbonyl (C=O) groups excluding carboxylic acids is 1. The van der Waals surface area contributed by atoms with Crippen LogP contribution in [-0.2, 0) is 4.79 Å². The predicted molar refractivity (Wildman–Crippen MR) is 69.7 cm³/mol. The summed E-state index contributed by atoms with van der Waals surface area (Å²) in [7, 11) is 0. The number of rotatable bonds is 5. The maximum absolute atomic E-state index is 11.6. The van der Waals surface area contributed by atoms with Crippen molar-refractivity contribution in [1.29, 1.82) is 0 Å². The molecule has 0 aliphatic heterocycles. The third kappa shape index (κ3) is 4.17. The van der Waals surface area contributed by atoms with E-state index in [1.165, 1.54) is 0 Å². The van der Waals surface area contributed by atoms with Crippen molar-refractivity contribution in [3.63, 3.8) is 0 Å². The largest absolute Gasteiger partial charge is 0.344 e. The van der Waals surface area contributed by atoms with Gasteiger partial charge in [0.15, 0.2) is 0 Å². The zero-order valence-electron chi connectivity index (χ0n) is 10.3. The van der Waals surface area contributed by atoms with Crippen LogP contribution in [-0.4, -0.2) is 23.5 Å². The Hall–Kier alpha value is -1.38. The molecule has 92 valence electrons. The van der Waals surface area contributed by atoms with Gasteiger partial charge in [0, 0.05) is 11.1 Å². The second-order valence-electron chi connectivity index (χ2n) is 3.86. The van der Waals surface area contributed by atoms with Crippen LogP contribution in [0.4, 0.5) is 0 Å². The fourth-order valence-corrected chi connectivity index (χ4v) is 2.20. The summed E-state index contributed by atoms with van der Waals surface area (Å²) in [5.41, 5.74) is 1.00. The summed E-state index contributed by atoms with van der Waals surface area (Å²) in [5, 5.41) is 8.81. The van der Waals surface area contributed by atoms with Crippen LogP contribution in [0.25, 0.3) is 0 Å².